The van der Waals surface area contributed by atoms with E-state index in [-0.39, 0.29) is 11.4 Å². The van der Waals surface area contributed by atoms with Gasteiger partial charge in [-0.2, -0.15) is 0 Å². The summed E-state index contributed by atoms with van der Waals surface area (Å²) in [5.74, 6) is 0.709. The first-order valence-corrected chi connectivity index (χ1v) is 3.73. The van der Waals surface area contributed by atoms with Gasteiger partial charge in [0.1, 0.15) is 11.6 Å². The molecule has 0 aromatic carbocycles. The molecule has 0 atom stereocenters. The van der Waals surface area contributed by atoms with Gasteiger partial charge < -0.3 is 5.73 Å². The summed E-state index contributed by atoms with van der Waals surface area (Å²) >= 11 is 3.93. The highest BCUT2D eigenvalue weighted by Crippen LogP contribution is 1.99. The first-order valence-electron chi connectivity index (χ1n) is 3.33. The fourth-order valence-electron chi connectivity index (χ4n) is 0.805. The quantitative estimate of drug-likeness (QED) is 0.510. The SMILES string of the molecule is C=CCc1nc(N)cc(=O)n1S. The molecule has 0 aliphatic carbocycles. The summed E-state index contributed by atoms with van der Waals surface area (Å²) in [5, 5.41) is 0. The lowest BCUT2D eigenvalue weighted by molar-refractivity contribution is 0.933. The molecular weight excluding hydrogens is 174 g/mol. The molecule has 2 N–H and O–H groups in total. The summed E-state index contributed by atoms with van der Waals surface area (Å²) in [5.41, 5.74) is 5.09. The minimum absolute atomic E-state index is 0.210. The largest absolute Gasteiger partial charge is 0.383 e. The molecule has 0 saturated heterocycles. The molecule has 64 valence electrons. The molecule has 4 nitrogen and oxygen atoms in total. The average Bonchev–Trinajstić information content (AvgIpc) is 2.00. The van der Waals surface area contributed by atoms with Gasteiger partial charge in [0.2, 0.25) is 0 Å². The molecule has 1 rings (SSSR count). The molecule has 0 aliphatic heterocycles. The summed E-state index contributed by atoms with van der Waals surface area (Å²) in [7, 11) is 0. The highest BCUT2D eigenvalue weighted by Gasteiger charge is 2.01. The van der Waals surface area contributed by atoms with E-state index in [4.69, 9.17) is 5.73 Å². The lowest BCUT2D eigenvalue weighted by Crippen LogP contribution is -2.18. The van der Waals surface area contributed by atoms with Crippen LogP contribution in [0.2, 0.25) is 0 Å². The van der Waals surface area contributed by atoms with E-state index in [1.54, 1.807) is 6.08 Å². The van der Waals surface area contributed by atoms with Crippen LogP contribution in [0.4, 0.5) is 5.82 Å². The molecule has 0 spiro atoms. The van der Waals surface area contributed by atoms with Gasteiger partial charge >= 0.3 is 0 Å². The average molecular weight is 183 g/mol. The number of allylic oxidation sites excluding steroid dienone is 1. The molecule has 0 unspecified atom stereocenters. The molecule has 1 aromatic rings. The predicted octanol–water partition coefficient (Wildman–Crippen LogP) is 0.247. The number of anilines is 1. The van der Waals surface area contributed by atoms with Gasteiger partial charge in [0.25, 0.3) is 5.56 Å². The van der Waals surface area contributed by atoms with Crippen molar-refractivity contribution < 1.29 is 0 Å². The molecular formula is C7H9N3OS. The van der Waals surface area contributed by atoms with Crippen LogP contribution in [0.3, 0.4) is 0 Å². The Kier molecular flexibility index (Phi) is 2.54. The zero-order valence-electron chi connectivity index (χ0n) is 6.40. The van der Waals surface area contributed by atoms with Crippen molar-refractivity contribution >= 4 is 18.6 Å². The Morgan fingerprint density at radius 1 is 1.83 bits per heavy atom. The van der Waals surface area contributed by atoms with Crippen molar-refractivity contribution in [2.45, 2.75) is 6.42 Å². The fraction of sp³-hybridized carbons (Fsp3) is 0.143. The maximum atomic E-state index is 11.1. The summed E-state index contributed by atoms with van der Waals surface area (Å²) in [4.78, 5) is 15.0. The van der Waals surface area contributed by atoms with Gasteiger partial charge in [0.05, 0.1) is 0 Å². The topological polar surface area (TPSA) is 60.9 Å². The van der Waals surface area contributed by atoms with Crippen LogP contribution in [0.5, 0.6) is 0 Å². The van der Waals surface area contributed by atoms with Crippen LogP contribution in [0.25, 0.3) is 0 Å². The van der Waals surface area contributed by atoms with Crippen LogP contribution in [0.1, 0.15) is 5.82 Å². The molecule has 1 heterocycles. The number of hydrogen-bond donors (Lipinski definition) is 2. The maximum absolute atomic E-state index is 11.1. The zero-order valence-corrected chi connectivity index (χ0v) is 7.29. The van der Waals surface area contributed by atoms with Gasteiger partial charge in [-0.25, -0.2) is 8.96 Å². The highest BCUT2D eigenvalue weighted by molar-refractivity contribution is 7.78. The number of nitrogens with zero attached hydrogens (tertiary/aromatic N) is 2. The zero-order chi connectivity index (χ0) is 9.14. The van der Waals surface area contributed by atoms with E-state index in [0.717, 1.165) is 3.97 Å². The minimum Gasteiger partial charge on any atom is -0.383 e. The van der Waals surface area contributed by atoms with Crippen molar-refractivity contribution in [1.82, 2.24) is 8.96 Å². The monoisotopic (exact) mass is 183 g/mol. The van der Waals surface area contributed by atoms with E-state index < -0.39 is 0 Å². The number of thiol groups is 1. The van der Waals surface area contributed by atoms with Crippen molar-refractivity contribution in [3.05, 3.63) is 34.9 Å². The highest BCUT2D eigenvalue weighted by atomic mass is 32.1. The first-order chi connectivity index (χ1) is 5.65. The van der Waals surface area contributed by atoms with Crippen LogP contribution in [-0.2, 0) is 6.42 Å². The van der Waals surface area contributed by atoms with Crippen LogP contribution in [0.15, 0.2) is 23.5 Å². The smallest absolute Gasteiger partial charge is 0.265 e. The van der Waals surface area contributed by atoms with Crippen molar-refractivity contribution in [3.8, 4) is 0 Å². The van der Waals surface area contributed by atoms with E-state index >= 15 is 0 Å². The third-order valence-electron chi connectivity index (χ3n) is 1.31. The van der Waals surface area contributed by atoms with Gasteiger partial charge in [-0.05, 0) is 0 Å². The summed E-state index contributed by atoms with van der Waals surface area (Å²) in [6, 6.07) is 1.22. The summed E-state index contributed by atoms with van der Waals surface area (Å²) < 4.78 is 1.15. The second-order valence-corrected chi connectivity index (χ2v) is 2.64. The molecule has 0 aliphatic rings. The Bertz CT molecular complexity index is 358. The van der Waals surface area contributed by atoms with Gasteiger partial charge in [-0.1, -0.05) is 18.9 Å². The van der Waals surface area contributed by atoms with Crippen molar-refractivity contribution in [1.29, 1.82) is 0 Å². The third kappa shape index (κ3) is 1.68. The Morgan fingerprint density at radius 3 is 3.08 bits per heavy atom. The second kappa shape index (κ2) is 3.44. The fourth-order valence-corrected chi connectivity index (χ4v) is 0.989. The van der Waals surface area contributed by atoms with Crippen molar-refractivity contribution in [2.24, 2.45) is 0 Å². The Balaban J connectivity index is 3.27. The van der Waals surface area contributed by atoms with Gasteiger partial charge in [0.15, 0.2) is 0 Å². The molecule has 0 bridgehead atoms. The molecule has 0 radical (unpaired) electrons. The summed E-state index contributed by atoms with van der Waals surface area (Å²) in [6.07, 6.45) is 2.11. The second-order valence-electron chi connectivity index (χ2n) is 2.24. The molecule has 5 heteroatoms. The van der Waals surface area contributed by atoms with Crippen LogP contribution >= 0.6 is 12.8 Å². The Hall–Kier alpha value is -1.23. The number of hydrogen-bond acceptors (Lipinski definition) is 4. The summed E-state index contributed by atoms with van der Waals surface area (Å²) in [6.45, 7) is 3.53. The van der Waals surface area contributed by atoms with Gasteiger partial charge in [0, 0.05) is 12.5 Å². The molecule has 0 amide bonds. The van der Waals surface area contributed by atoms with E-state index in [1.165, 1.54) is 6.07 Å². The Labute approximate surface area is 75.3 Å². The van der Waals surface area contributed by atoms with E-state index in [2.05, 4.69) is 24.4 Å². The van der Waals surface area contributed by atoms with E-state index in [1.807, 2.05) is 0 Å². The van der Waals surface area contributed by atoms with Crippen molar-refractivity contribution in [2.75, 3.05) is 5.73 Å². The lowest BCUT2D eigenvalue weighted by Gasteiger charge is -2.02. The minimum atomic E-state index is -0.275. The van der Waals surface area contributed by atoms with E-state index in [9.17, 15) is 4.79 Å². The lowest BCUT2D eigenvalue weighted by atomic mass is 10.4. The number of nitrogen functional groups attached to an aromatic ring is 1. The molecule has 1 aromatic heterocycles. The number of rotatable bonds is 2. The Morgan fingerprint density at radius 2 is 2.50 bits per heavy atom. The van der Waals surface area contributed by atoms with Crippen LogP contribution in [0, 0.1) is 0 Å². The normalized spacial score (nSPS) is 9.75. The van der Waals surface area contributed by atoms with E-state index in [0.29, 0.717) is 12.2 Å². The predicted molar refractivity (Wildman–Crippen MR) is 51.2 cm³/mol. The maximum Gasteiger partial charge on any atom is 0.265 e. The standard InChI is InChI=1S/C7H9N3OS/c1-2-3-6-9-5(8)4-7(11)10(6)12/h2,4,12H,1,3,8H2. The molecule has 12 heavy (non-hydrogen) atoms. The first kappa shape index (κ1) is 8.86. The van der Waals surface area contributed by atoms with Crippen LogP contribution < -0.4 is 11.3 Å². The van der Waals surface area contributed by atoms with Crippen molar-refractivity contribution in [3.63, 3.8) is 0 Å². The number of aromatic nitrogens is 2. The number of nitrogens with two attached hydrogens (primary N) is 1. The molecule has 0 fully saturated rings. The molecule has 0 saturated carbocycles. The van der Waals surface area contributed by atoms with Crippen LogP contribution in [-0.4, -0.2) is 8.96 Å². The van der Waals surface area contributed by atoms with Gasteiger partial charge in [-0.15, -0.1) is 6.58 Å². The van der Waals surface area contributed by atoms with Gasteiger partial charge in [-0.3, -0.25) is 4.79 Å². The third-order valence-corrected chi connectivity index (χ3v) is 1.74.